The molecule has 0 bridgehead atoms. The van der Waals surface area contributed by atoms with Crippen molar-refractivity contribution in [3.05, 3.63) is 52.5 Å². The molecule has 0 unspecified atom stereocenters. The van der Waals surface area contributed by atoms with Crippen molar-refractivity contribution in [1.29, 1.82) is 0 Å². The van der Waals surface area contributed by atoms with Crippen molar-refractivity contribution in [1.82, 2.24) is 14.8 Å². The number of hydrogen-bond acceptors (Lipinski definition) is 4. The first-order valence-corrected chi connectivity index (χ1v) is 9.02. The van der Waals surface area contributed by atoms with E-state index in [0.29, 0.717) is 11.8 Å². The molecule has 4 nitrogen and oxygen atoms in total. The van der Waals surface area contributed by atoms with E-state index in [9.17, 15) is 4.79 Å². The van der Waals surface area contributed by atoms with Gasteiger partial charge in [0.25, 0.3) is 0 Å². The molecule has 120 valence electrons. The van der Waals surface area contributed by atoms with Crippen LogP contribution in [0.3, 0.4) is 0 Å². The molecule has 2 aliphatic rings. The molecule has 2 aromatic rings. The van der Waals surface area contributed by atoms with Crippen molar-refractivity contribution in [2.24, 2.45) is 11.8 Å². The van der Waals surface area contributed by atoms with Crippen LogP contribution in [0.1, 0.15) is 23.4 Å². The topological polar surface area (TPSA) is 36.4 Å². The second-order valence-electron chi connectivity index (χ2n) is 6.61. The minimum Gasteiger partial charge on any atom is -0.335 e. The lowest BCUT2D eigenvalue weighted by atomic mass is 9.89. The fourth-order valence-electron chi connectivity index (χ4n) is 4.21. The second kappa shape index (κ2) is 6.06. The molecule has 3 heterocycles. The third kappa shape index (κ3) is 2.79. The van der Waals surface area contributed by atoms with Crippen LogP contribution in [0.5, 0.6) is 0 Å². The number of benzene rings is 1. The van der Waals surface area contributed by atoms with Crippen LogP contribution in [0.15, 0.2) is 42.0 Å². The van der Waals surface area contributed by atoms with E-state index in [0.717, 1.165) is 26.2 Å². The van der Waals surface area contributed by atoms with Crippen LogP contribution in [0.25, 0.3) is 0 Å². The molecule has 1 amide bonds. The zero-order valence-electron chi connectivity index (χ0n) is 13.3. The van der Waals surface area contributed by atoms with Gasteiger partial charge in [-0.2, -0.15) is 0 Å². The van der Waals surface area contributed by atoms with Gasteiger partial charge in [-0.15, -0.1) is 11.3 Å². The predicted molar refractivity (Wildman–Crippen MR) is 90.9 cm³/mol. The number of thiazole rings is 1. The van der Waals surface area contributed by atoms with Crippen molar-refractivity contribution in [3.8, 4) is 0 Å². The Morgan fingerprint density at radius 3 is 2.78 bits per heavy atom. The molecule has 23 heavy (non-hydrogen) atoms. The van der Waals surface area contributed by atoms with E-state index < -0.39 is 0 Å². The number of rotatable bonds is 3. The van der Waals surface area contributed by atoms with E-state index in [1.165, 1.54) is 10.4 Å². The largest absolute Gasteiger partial charge is 0.335 e. The second-order valence-corrected chi connectivity index (χ2v) is 7.58. The van der Waals surface area contributed by atoms with Gasteiger partial charge >= 0.3 is 0 Å². The lowest BCUT2D eigenvalue weighted by Crippen LogP contribution is -2.34. The lowest BCUT2D eigenvalue weighted by Gasteiger charge is -2.29. The molecule has 2 fully saturated rings. The molecule has 0 N–H and O–H groups in total. The minimum absolute atomic E-state index is 0.197. The first-order chi connectivity index (χ1) is 11.2. The molecule has 1 aromatic heterocycles. The van der Waals surface area contributed by atoms with Gasteiger partial charge in [0.1, 0.15) is 0 Å². The maximum absolute atomic E-state index is 12.1. The summed E-state index contributed by atoms with van der Waals surface area (Å²) in [6, 6.07) is 10.7. The number of hydrogen-bond donors (Lipinski definition) is 0. The molecular formula is C18H21N3OS. The third-order valence-electron chi connectivity index (χ3n) is 5.15. The molecular weight excluding hydrogens is 306 g/mol. The van der Waals surface area contributed by atoms with Gasteiger partial charge in [0.2, 0.25) is 5.91 Å². The summed E-state index contributed by atoms with van der Waals surface area (Å²) in [5.74, 6) is 1.31. The summed E-state index contributed by atoms with van der Waals surface area (Å²) < 4.78 is 0. The van der Waals surface area contributed by atoms with Crippen molar-refractivity contribution >= 4 is 17.2 Å². The fraction of sp³-hybridized carbons (Fsp3) is 0.444. The number of likely N-dealkylation sites (tertiary alicyclic amines) is 2. The van der Waals surface area contributed by atoms with E-state index in [1.807, 2.05) is 17.8 Å². The first kappa shape index (κ1) is 14.8. The zero-order chi connectivity index (χ0) is 15.8. The first-order valence-electron chi connectivity index (χ1n) is 8.14. The number of fused-ring (bicyclic) bond motifs is 1. The molecule has 1 aromatic carbocycles. The molecule has 2 saturated heterocycles. The highest BCUT2D eigenvalue weighted by Crippen LogP contribution is 2.45. The summed E-state index contributed by atoms with van der Waals surface area (Å²) in [5, 5.41) is 0. The number of nitrogens with zero attached hydrogens (tertiary/aromatic N) is 3. The van der Waals surface area contributed by atoms with E-state index in [2.05, 4.69) is 39.0 Å². The van der Waals surface area contributed by atoms with Crippen LogP contribution >= 0.6 is 11.3 Å². The highest BCUT2D eigenvalue weighted by atomic mass is 32.1. The molecule has 5 heteroatoms. The molecule has 0 radical (unpaired) electrons. The smallest absolute Gasteiger partial charge is 0.219 e. The van der Waals surface area contributed by atoms with Gasteiger partial charge in [0.05, 0.1) is 11.6 Å². The number of amides is 1. The molecule has 0 spiro atoms. The standard InChI is InChI=1S/C18H21N3OS/c1-13(22)21-9-15-8-20(10-16-7-19-12-23-16)11-17(15)18(21)14-5-3-2-4-6-14/h2-7,12,15,17-18H,8-11H2,1H3/t15-,17-,18+/m1/s1. The Labute approximate surface area is 140 Å². The summed E-state index contributed by atoms with van der Waals surface area (Å²) in [6.07, 6.45) is 1.97. The highest BCUT2D eigenvalue weighted by Gasteiger charge is 2.48. The Balaban J connectivity index is 1.55. The van der Waals surface area contributed by atoms with Gasteiger partial charge in [-0.1, -0.05) is 30.3 Å². The van der Waals surface area contributed by atoms with Gasteiger partial charge in [0.15, 0.2) is 0 Å². The van der Waals surface area contributed by atoms with Crippen LogP contribution in [-0.4, -0.2) is 40.3 Å². The van der Waals surface area contributed by atoms with Gasteiger partial charge in [-0.3, -0.25) is 14.7 Å². The monoisotopic (exact) mass is 327 g/mol. The van der Waals surface area contributed by atoms with Crippen LogP contribution in [0.2, 0.25) is 0 Å². The van der Waals surface area contributed by atoms with E-state index in [1.54, 1.807) is 18.3 Å². The van der Waals surface area contributed by atoms with Crippen LogP contribution in [0, 0.1) is 11.8 Å². The normalized spacial score (nSPS) is 27.3. The van der Waals surface area contributed by atoms with Crippen molar-refractivity contribution in [3.63, 3.8) is 0 Å². The van der Waals surface area contributed by atoms with Crippen molar-refractivity contribution < 1.29 is 4.79 Å². The SMILES string of the molecule is CC(=O)N1C[C@H]2CN(Cc3cncs3)C[C@H]2[C@@H]1c1ccccc1. The number of carbonyl (C=O) groups is 1. The maximum atomic E-state index is 12.1. The number of carbonyl (C=O) groups excluding carboxylic acids is 1. The summed E-state index contributed by atoms with van der Waals surface area (Å²) in [6.45, 7) is 5.71. The van der Waals surface area contributed by atoms with Crippen LogP contribution in [-0.2, 0) is 11.3 Å². The molecule has 3 atom stereocenters. The van der Waals surface area contributed by atoms with Crippen molar-refractivity contribution in [2.45, 2.75) is 19.5 Å². The van der Waals surface area contributed by atoms with Crippen molar-refractivity contribution in [2.75, 3.05) is 19.6 Å². The summed E-state index contributed by atoms with van der Waals surface area (Å²) in [7, 11) is 0. The molecule has 4 rings (SSSR count). The van der Waals surface area contributed by atoms with E-state index in [-0.39, 0.29) is 11.9 Å². The Bertz CT molecular complexity index is 673. The summed E-state index contributed by atoms with van der Waals surface area (Å²) >= 11 is 1.72. The quantitative estimate of drug-likeness (QED) is 0.870. The predicted octanol–water partition coefficient (Wildman–Crippen LogP) is 2.79. The molecule has 0 aliphatic carbocycles. The Kier molecular flexibility index (Phi) is 3.91. The van der Waals surface area contributed by atoms with Gasteiger partial charge in [-0.05, 0) is 11.5 Å². The number of aromatic nitrogens is 1. The summed E-state index contributed by atoms with van der Waals surface area (Å²) in [4.78, 5) is 22.2. The molecule has 2 aliphatic heterocycles. The zero-order valence-corrected chi connectivity index (χ0v) is 14.1. The molecule has 0 saturated carbocycles. The summed E-state index contributed by atoms with van der Waals surface area (Å²) in [5.41, 5.74) is 3.17. The maximum Gasteiger partial charge on any atom is 0.219 e. The van der Waals surface area contributed by atoms with E-state index in [4.69, 9.17) is 0 Å². The minimum atomic E-state index is 0.197. The Morgan fingerprint density at radius 2 is 2.09 bits per heavy atom. The Morgan fingerprint density at radius 1 is 1.26 bits per heavy atom. The highest BCUT2D eigenvalue weighted by molar-refractivity contribution is 7.09. The van der Waals surface area contributed by atoms with Crippen LogP contribution < -0.4 is 0 Å². The average Bonchev–Trinajstić information content (AvgIpc) is 3.24. The van der Waals surface area contributed by atoms with Gasteiger partial charge < -0.3 is 4.90 Å². The fourth-order valence-corrected chi connectivity index (χ4v) is 4.84. The van der Waals surface area contributed by atoms with Crippen LogP contribution in [0.4, 0.5) is 0 Å². The lowest BCUT2D eigenvalue weighted by molar-refractivity contribution is -0.130. The van der Waals surface area contributed by atoms with E-state index >= 15 is 0 Å². The Hall–Kier alpha value is -1.72. The average molecular weight is 327 g/mol. The third-order valence-corrected chi connectivity index (χ3v) is 5.91. The van der Waals surface area contributed by atoms with Gasteiger partial charge in [-0.25, -0.2) is 0 Å². The van der Waals surface area contributed by atoms with Gasteiger partial charge in [0, 0.05) is 50.1 Å².